The second-order valence-electron chi connectivity index (χ2n) is 8.75. The lowest BCUT2D eigenvalue weighted by Crippen LogP contribution is -2.23. The third-order valence-corrected chi connectivity index (χ3v) is 6.29. The van der Waals surface area contributed by atoms with Crippen molar-refractivity contribution >= 4 is 11.9 Å². The molecule has 1 aromatic rings. The molecule has 31 heavy (non-hydrogen) atoms. The number of carbonyl (C=O) groups is 1. The van der Waals surface area contributed by atoms with Crippen molar-refractivity contribution in [1.82, 2.24) is 0 Å². The van der Waals surface area contributed by atoms with Gasteiger partial charge in [-0.05, 0) is 80.7 Å². The van der Waals surface area contributed by atoms with Crippen LogP contribution in [-0.4, -0.2) is 46.5 Å². The SMILES string of the molecule is COc1ccc(C=C=CC(O)CC[C@@H]2[C@@H](CCCCCCC(C)=O)[C@@H](O)C[C@H]2O)cc1. The summed E-state index contributed by atoms with van der Waals surface area (Å²) in [5, 5.41) is 31.1. The Labute approximate surface area is 186 Å². The fourth-order valence-corrected chi connectivity index (χ4v) is 4.49. The minimum Gasteiger partial charge on any atom is -0.497 e. The van der Waals surface area contributed by atoms with Crippen LogP contribution in [-0.2, 0) is 4.79 Å². The molecular weight excluding hydrogens is 392 g/mol. The molecule has 5 atom stereocenters. The van der Waals surface area contributed by atoms with Gasteiger partial charge in [-0.2, -0.15) is 0 Å². The summed E-state index contributed by atoms with van der Waals surface area (Å²) in [5.41, 5.74) is 4.00. The zero-order valence-electron chi connectivity index (χ0n) is 18.9. The van der Waals surface area contributed by atoms with Crippen LogP contribution < -0.4 is 4.74 Å². The summed E-state index contributed by atoms with van der Waals surface area (Å²) < 4.78 is 5.13. The van der Waals surface area contributed by atoms with Crippen LogP contribution in [0.5, 0.6) is 5.75 Å². The van der Waals surface area contributed by atoms with Crippen LogP contribution in [0.25, 0.3) is 6.08 Å². The molecule has 0 spiro atoms. The largest absolute Gasteiger partial charge is 0.497 e. The van der Waals surface area contributed by atoms with E-state index < -0.39 is 18.3 Å². The van der Waals surface area contributed by atoms with Crippen LogP contribution in [0.3, 0.4) is 0 Å². The van der Waals surface area contributed by atoms with Crippen molar-refractivity contribution in [1.29, 1.82) is 0 Å². The number of unbranched alkanes of at least 4 members (excludes halogenated alkanes) is 3. The molecule has 0 bridgehead atoms. The first-order chi connectivity index (χ1) is 14.9. The fraction of sp³-hybridized carbons (Fsp3) is 0.615. The number of rotatable bonds is 13. The first-order valence-electron chi connectivity index (χ1n) is 11.5. The van der Waals surface area contributed by atoms with E-state index in [-0.39, 0.29) is 17.6 Å². The van der Waals surface area contributed by atoms with Gasteiger partial charge in [0.15, 0.2) is 0 Å². The van der Waals surface area contributed by atoms with Gasteiger partial charge < -0.3 is 24.9 Å². The third kappa shape index (κ3) is 9.00. The Morgan fingerprint density at radius 3 is 2.39 bits per heavy atom. The lowest BCUT2D eigenvalue weighted by Gasteiger charge is -2.24. The summed E-state index contributed by atoms with van der Waals surface area (Å²) in [5.74, 6) is 1.12. The highest BCUT2D eigenvalue weighted by molar-refractivity contribution is 5.75. The summed E-state index contributed by atoms with van der Waals surface area (Å²) in [4.78, 5) is 11.0. The molecule has 5 heteroatoms. The van der Waals surface area contributed by atoms with Crippen molar-refractivity contribution in [2.45, 2.75) is 83.0 Å². The molecule has 1 aromatic carbocycles. The van der Waals surface area contributed by atoms with E-state index >= 15 is 0 Å². The van der Waals surface area contributed by atoms with Crippen LogP contribution in [0.1, 0.15) is 70.3 Å². The molecule has 172 valence electrons. The van der Waals surface area contributed by atoms with E-state index in [9.17, 15) is 20.1 Å². The lowest BCUT2D eigenvalue weighted by atomic mass is 9.85. The van der Waals surface area contributed by atoms with Crippen LogP contribution in [0, 0.1) is 11.8 Å². The molecule has 1 aliphatic rings. The Bertz CT molecular complexity index is 720. The second kappa shape index (κ2) is 13.5. The molecule has 3 N–H and O–H groups in total. The van der Waals surface area contributed by atoms with Crippen molar-refractivity contribution in [3.05, 3.63) is 41.6 Å². The molecule has 1 unspecified atom stereocenters. The molecule has 0 aromatic heterocycles. The number of hydrogen-bond donors (Lipinski definition) is 3. The van der Waals surface area contributed by atoms with E-state index in [0.717, 1.165) is 43.4 Å². The molecule has 0 radical (unpaired) electrons. The highest BCUT2D eigenvalue weighted by Crippen LogP contribution is 2.39. The van der Waals surface area contributed by atoms with Crippen LogP contribution in [0.4, 0.5) is 0 Å². The van der Waals surface area contributed by atoms with Gasteiger partial charge in [0.25, 0.3) is 0 Å². The summed E-state index contributed by atoms with van der Waals surface area (Å²) in [6.07, 6.45) is 8.99. The number of aliphatic hydroxyl groups excluding tert-OH is 3. The summed E-state index contributed by atoms with van der Waals surface area (Å²) >= 11 is 0. The summed E-state index contributed by atoms with van der Waals surface area (Å²) in [6.45, 7) is 1.62. The van der Waals surface area contributed by atoms with Crippen molar-refractivity contribution in [3.63, 3.8) is 0 Å². The Balaban J connectivity index is 1.77. The second-order valence-corrected chi connectivity index (χ2v) is 8.75. The first kappa shape index (κ1) is 25.4. The molecule has 2 rings (SSSR count). The number of methoxy groups -OCH3 is 1. The maximum Gasteiger partial charge on any atom is 0.129 e. The Kier molecular flexibility index (Phi) is 11.0. The predicted molar refractivity (Wildman–Crippen MR) is 123 cm³/mol. The monoisotopic (exact) mass is 430 g/mol. The highest BCUT2D eigenvalue weighted by atomic mass is 16.5. The smallest absolute Gasteiger partial charge is 0.129 e. The van der Waals surface area contributed by atoms with Gasteiger partial charge in [0.1, 0.15) is 11.5 Å². The zero-order chi connectivity index (χ0) is 22.6. The number of carbonyl (C=O) groups excluding carboxylic acids is 1. The number of hydrogen-bond acceptors (Lipinski definition) is 5. The van der Waals surface area contributed by atoms with Gasteiger partial charge in [-0.15, -0.1) is 5.73 Å². The highest BCUT2D eigenvalue weighted by Gasteiger charge is 2.40. The van der Waals surface area contributed by atoms with Crippen LogP contribution >= 0.6 is 0 Å². The average molecular weight is 431 g/mol. The number of benzene rings is 1. The number of aliphatic hydroxyl groups is 3. The minimum absolute atomic E-state index is 0.0147. The fourth-order valence-electron chi connectivity index (χ4n) is 4.49. The van der Waals surface area contributed by atoms with Gasteiger partial charge in [0, 0.05) is 6.42 Å². The summed E-state index contributed by atoms with van der Waals surface area (Å²) in [6, 6.07) is 7.60. The number of ether oxygens (including phenoxy) is 1. The van der Waals surface area contributed by atoms with Crippen molar-refractivity contribution in [2.24, 2.45) is 11.8 Å². The predicted octanol–water partition coefficient (Wildman–Crippen LogP) is 4.29. The molecule has 0 heterocycles. The topological polar surface area (TPSA) is 87.0 Å². The van der Waals surface area contributed by atoms with Crippen molar-refractivity contribution in [2.75, 3.05) is 7.11 Å². The van der Waals surface area contributed by atoms with Gasteiger partial charge in [-0.25, -0.2) is 0 Å². The van der Waals surface area contributed by atoms with E-state index in [1.807, 2.05) is 30.3 Å². The quantitative estimate of drug-likeness (QED) is 0.321. The lowest BCUT2D eigenvalue weighted by molar-refractivity contribution is -0.117. The van der Waals surface area contributed by atoms with Crippen molar-refractivity contribution < 1.29 is 24.9 Å². The van der Waals surface area contributed by atoms with E-state index in [0.29, 0.717) is 25.7 Å². The van der Waals surface area contributed by atoms with E-state index in [1.54, 1.807) is 20.1 Å². The van der Waals surface area contributed by atoms with Gasteiger partial charge >= 0.3 is 0 Å². The average Bonchev–Trinajstić information content (AvgIpc) is 3.01. The van der Waals surface area contributed by atoms with Gasteiger partial charge in [-0.1, -0.05) is 31.4 Å². The van der Waals surface area contributed by atoms with Crippen molar-refractivity contribution in [3.8, 4) is 5.75 Å². The molecular formula is C26H38O5. The van der Waals surface area contributed by atoms with Gasteiger partial charge in [-0.3, -0.25) is 0 Å². The molecule has 0 amide bonds. The Morgan fingerprint density at radius 1 is 1.10 bits per heavy atom. The summed E-state index contributed by atoms with van der Waals surface area (Å²) in [7, 11) is 1.63. The van der Waals surface area contributed by atoms with E-state index in [4.69, 9.17) is 4.74 Å². The van der Waals surface area contributed by atoms with Crippen LogP contribution in [0.2, 0.25) is 0 Å². The maximum absolute atomic E-state index is 11.0. The van der Waals surface area contributed by atoms with E-state index in [2.05, 4.69) is 5.73 Å². The Hall–Kier alpha value is -1.91. The standard InChI is InChI=1S/C26H38O5/c1-19(27)8-5-3-4-6-11-23-24(26(30)18-25(23)29)17-14-21(28)10-7-9-20-12-15-22(31-2)16-13-20/h9-10,12-13,15-16,21,23-26,28-30H,3-6,8,11,14,17-18H2,1-2H3/t7?,21?,23-,24-,25+,26-/m1/s1. The third-order valence-electron chi connectivity index (χ3n) is 6.29. The zero-order valence-corrected chi connectivity index (χ0v) is 18.9. The minimum atomic E-state index is -0.633. The number of ketones is 1. The molecule has 5 nitrogen and oxygen atoms in total. The van der Waals surface area contributed by atoms with Gasteiger partial charge in [0.05, 0.1) is 25.4 Å². The maximum atomic E-state index is 11.0. The van der Waals surface area contributed by atoms with E-state index in [1.165, 1.54) is 0 Å². The normalized spacial score (nSPS) is 23.8. The molecule has 0 saturated heterocycles. The number of Topliss-reactive ketones (excluding diaryl/α,β-unsaturated/α-hetero) is 1. The molecule has 1 aliphatic carbocycles. The molecule has 1 saturated carbocycles. The van der Waals surface area contributed by atoms with Gasteiger partial charge in [0.2, 0.25) is 0 Å². The molecule has 1 fully saturated rings. The van der Waals surface area contributed by atoms with Crippen LogP contribution in [0.15, 0.2) is 36.1 Å². The Morgan fingerprint density at radius 2 is 1.74 bits per heavy atom. The molecule has 0 aliphatic heterocycles. The first-order valence-corrected chi connectivity index (χ1v) is 11.5.